The Hall–Kier alpha value is -1.19. The quantitative estimate of drug-likeness (QED) is 0.843. The second-order valence-corrected chi connectivity index (χ2v) is 7.77. The molecule has 0 fully saturated rings. The Morgan fingerprint density at radius 1 is 1.05 bits per heavy atom. The normalized spacial score (nSPS) is 15.0. The lowest BCUT2D eigenvalue weighted by atomic mass is 9.98. The van der Waals surface area contributed by atoms with Crippen LogP contribution in [0.2, 0.25) is 0 Å². The van der Waals surface area contributed by atoms with Gasteiger partial charge in [0.25, 0.3) is 0 Å². The third kappa shape index (κ3) is 3.92. The first kappa shape index (κ1) is 16.2. The van der Waals surface area contributed by atoms with Gasteiger partial charge in [0, 0.05) is 22.4 Å². The van der Waals surface area contributed by atoms with Crippen molar-refractivity contribution in [1.82, 2.24) is 10.3 Å². The van der Waals surface area contributed by atoms with Crippen LogP contribution in [-0.4, -0.2) is 4.98 Å². The van der Waals surface area contributed by atoms with Crippen LogP contribution in [-0.2, 0) is 5.41 Å². The van der Waals surface area contributed by atoms with E-state index in [2.05, 4.69) is 77.2 Å². The van der Waals surface area contributed by atoms with Gasteiger partial charge in [0.1, 0.15) is 0 Å². The number of aromatic nitrogens is 1. The zero-order chi connectivity index (χ0) is 15.6. The van der Waals surface area contributed by atoms with E-state index in [0.717, 1.165) is 5.69 Å². The van der Waals surface area contributed by atoms with Crippen molar-refractivity contribution in [3.05, 3.63) is 51.5 Å². The van der Waals surface area contributed by atoms with Crippen molar-refractivity contribution in [2.45, 2.75) is 59.0 Å². The fourth-order valence-electron chi connectivity index (χ4n) is 2.42. The van der Waals surface area contributed by atoms with E-state index in [-0.39, 0.29) is 5.41 Å². The molecule has 0 saturated heterocycles. The van der Waals surface area contributed by atoms with E-state index in [1.165, 1.54) is 15.4 Å². The average Bonchev–Trinajstić information content (AvgIpc) is 2.82. The standard InChI is InChI=1S/C18H26N2S/c1-12(15-10-8-7-9-11-15)19-13(2)16-14(3)20-17(21-16)18(4,5)6/h7-13,19H,1-6H3/t12-,13?/m1/s1. The molecule has 0 aliphatic heterocycles. The summed E-state index contributed by atoms with van der Waals surface area (Å²) in [5.41, 5.74) is 2.60. The molecule has 0 radical (unpaired) electrons. The van der Waals surface area contributed by atoms with Crippen molar-refractivity contribution in [2.75, 3.05) is 0 Å². The van der Waals surface area contributed by atoms with Gasteiger partial charge in [-0.15, -0.1) is 11.3 Å². The van der Waals surface area contributed by atoms with Gasteiger partial charge < -0.3 is 5.32 Å². The van der Waals surface area contributed by atoms with E-state index >= 15 is 0 Å². The van der Waals surface area contributed by atoms with Gasteiger partial charge in [-0.2, -0.15) is 0 Å². The summed E-state index contributed by atoms with van der Waals surface area (Å²) in [5.74, 6) is 0. The Bertz CT molecular complexity index is 581. The Kier molecular flexibility index (Phi) is 4.84. The van der Waals surface area contributed by atoms with Gasteiger partial charge in [0.2, 0.25) is 0 Å². The van der Waals surface area contributed by atoms with Crippen LogP contribution in [0.25, 0.3) is 0 Å². The van der Waals surface area contributed by atoms with Crippen molar-refractivity contribution in [3.63, 3.8) is 0 Å². The number of hydrogen-bond donors (Lipinski definition) is 1. The molecule has 1 aromatic heterocycles. The molecule has 0 aliphatic rings. The summed E-state index contributed by atoms with van der Waals surface area (Å²) in [6, 6.07) is 11.2. The minimum absolute atomic E-state index is 0.123. The molecule has 0 amide bonds. The Morgan fingerprint density at radius 2 is 1.67 bits per heavy atom. The number of nitrogens with zero attached hydrogens (tertiary/aromatic N) is 1. The molecule has 1 heterocycles. The van der Waals surface area contributed by atoms with Gasteiger partial charge in [-0.3, -0.25) is 0 Å². The summed E-state index contributed by atoms with van der Waals surface area (Å²) in [7, 11) is 0. The number of thiazole rings is 1. The van der Waals surface area contributed by atoms with E-state index in [0.29, 0.717) is 12.1 Å². The molecular formula is C18H26N2S. The highest BCUT2D eigenvalue weighted by molar-refractivity contribution is 7.12. The van der Waals surface area contributed by atoms with Crippen LogP contribution in [0, 0.1) is 6.92 Å². The molecule has 1 aromatic carbocycles. The maximum atomic E-state index is 4.76. The van der Waals surface area contributed by atoms with Crippen LogP contribution >= 0.6 is 11.3 Å². The molecule has 3 heteroatoms. The minimum Gasteiger partial charge on any atom is -0.303 e. The highest BCUT2D eigenvalue weighted by atomic mass is 32.1. The highest BCUT2D eigenvalue weighted by Crippen LogP contribution is 2.33. The smallest absolute Gasteiger partial charge is 0.0985 e. The second kappa shape index (κ2) is 6.29. The molecule has 114 valence electrons. The number of aryl methyl sites for hydroxylation is 1. The zero-order valence-electron chi connectivity index (χ0n) is 13.9. The first-order chi connectivity index (χ1) is 9.79. The van der Waals surface area contributed by atoms with Gasteiger partial charge >= 0.3 is 0 Å². The molecular weight excluding hydrogens is 276 g/mol. The maximum absolute atomic E-state index is 4.76. The summed E-state index contributed by atoms with van der Waals surface area (Å²) < 4.78 is 0. The molecule has 2 aromatic rings. The van der Waals surface area contributed by atoms with Crippen LogP contribution in [0.3, 0.4) is 0 Å². The minimum atomic E-state index is 0.123. The van der Waals surface area contributed by atoms with Crippen molar-refractivity contribution in [1.29, 1.82) is 0 Å². The van der Waals surface area contributed by atoms with Gasteiger partial charge in [0.15, 0.2) is 0 Å². The maximum Gasteiger partial charge on any atom is 0.0985 e. The third-order valence-corrected chi connectivity index (χ3v) is 5.43. The molecule has 1 N–H and O–H groups in total. The molecule has 0 saturated carbocycles. The van der Waals surface area contributed by atoms with E-state index in [1.807, 2.05) is 11.3 Å². The molecule has 0 aliphatic carbocycles. The number of hydrogen-bond acceptors (Lipinski definition) is 3. The molecule has 2 nitrogen and oxygen atoms in total. The van der Waals surface area contributed by atoms with Crippen LogP contribution in [0.5, 0.6) is 0 Å². The van der Waals surface area contributed by atoms with Gasteiger partial charge in [0.05, 0.1) is 10.7 Å². The predicted octanol–water partition coefficient (Wildman–Crippen LogP) is 5.16. The zero-order valence-corrected chi connectivity index (χ0v) is 14.7. The van der Waals surface area contributed by atoms with Crippen molar-refractivity contribution >= 4 is 11.3 Å². The SMILES string of the molecule is Cc1nc(C(C)(C)C)sc1C(C)N[C@H](C)c1ccccc1. The number of nitrogens with one attached hydrogen (secondary N) is 1. The average molecular weight is 302 g/mol. The van der Waals surface area contributed by atoms with E-state index < -0.39 is 0 Å². The predicted molar refractivity (Wildman–Crippen MR) is 92.0 cm³/mol. The topological polar surface area (TPSA) is 24.9 Å². The molecule has 2 atom stereocenters. The highest BCUT2D eigenvalue weighted by Gasteiger charge is 2.23. The molecule has 0 bridgehead atoms. The van der Waals surface area contributed by atoms with E-state index in [9.17, 15) is 0 Å². The Labute approximate surface area is 132 Å². The molecule has 21 heavy (non-hydrogen) atoms. The van der Waals surface area contributed by atoms with Gasteiger partial charge in [-0.05, 0) is 26.3 Å². The van der Waals surface area contributed by atoms with Gasteiger partial charge in [-0.25, -0.2) is 4.98 Å². The molecule has 2 rings (SSSR count). The fraction of sp³-hybridized carbons (Fsp3) is 0.500. The van der Waals surface area contributed by atoms with Crippen molar-refractivity contribution in [2.24, 2.45) is 0 Å². The third-order valence-electron chi connectivity index (χ3n) is 3.67. The van der Waals surface area contributed by atoms with Crippen molar-refractivity contribution in [3.8, 4) is 0 Å². The lowest BCUT2D eigenvalue weighted by Crippen LogP contribution is -2.22. The second-order valence-electron chi connectivity index (χ2n) is 6.74. The Balaban J connectivity index is 2.14. The number of benzene rings is 1. The monoisotopic (exact) mass is 302 g/mol. The summed E-state index contributed by atoms with van der Waals surface area (Å²) in [6.07, 6.45) is 0. The first-order valence-electron chi connectivity index (χ1n) is 7.58. The fourth-order valence-corrected chi connectivity index (χ4v) is 3.55. The Morgan fingerprint density at radius 3 is 2.19 bits per heavy atom. The lowest BCUT2D eigenvalue weighted by molar-refractivity contribution is 0.498. The van der Waals surface area contributed by atoms with Crippen LogP contribution in [0.1, 0.15) is 67.8 Å². The largest absolute Gasteiger partial charge is 0.303 e. The summed E-state index contributed by atoms with van der Waals surface area (Å²) >= 11 is 1.84. The molecule has 0 spiro atoms. The van der Waals surface area contributed by atoms with Gasteiger partial charge in [-0.1, -0.05) is 51.1 Å². The van der Waals surface area contributed by atoms with Crippen LogP contribution in [0.15, 0.2) is 30.3 Å². The van der Waals surface area contributed by atoms with Crippen LogP contribution < -0.4 is 5.32 Å². The van der Waals surface area contributed by atoms with Crippen LogP contribution in [0.4, 0.5) is 0 Å². The summed E-state index contributed by atoms with van der Waals surface area (Å²) in [4.78, 5) is 6.11. The van der Waals surface area contributed by atoms with Crippen molar-refractivity contribution < 1.29 is 0 Å². The summed E-state index contributed by atoms with van der Waals surface area (Å²) in [6.45, 7) is 13.2. The summed E-state index contributed by atoms with van der Waals surface area (Å²) in [5, 5.41) is 4.91. The first-order valence-corrected chi connectivity index (χ1v) is 8.39. The van der Waals surface area contributed by atoms with E-state index in [4.69, 9.17) is 4.98 Å². The number of rotatable bonds is 4. The van der Waals surface area contributed by atoms with E-state index in [1.54, 1.807) is 0 Å². The molecule has 1 unspecified atom stereocenters. The lowest BCUT2D eigenvalue weighted by Gasteiger charge is -2.20.